The van der Waals surface area contributed by atoms with Crippen LogP contribution in [0.5, 0.6) is 0 Å². The van der Waals surface area contributed by atoms with Crippen molar-refractivity contribution >= 4 is 39.7 Å². The first-order valence-electron chi connectivity index (χ1n) is 9.31. The highest BCUT2D eigenvalue weighted by molar-refractivity contribution is 7.08. The number of amides is 1. The average molecular weight is 400 g/mol. The second kappa shape index (κ2) is 8.38. The highest BCUT2D eigenvalue weighted by atomic mass is 35.5. The molecule has 6 heteroatoms. The van der Waals surface area contributed by atoms with Crippen molar-refractivity contribution in [3.63, 3.8) is 0 Å². The number of aromatic nitrogens is 1. The Morgan fingerprint density at radius 1 is 1.26 bits per heavy atom. The van der Waals surface area contributed by atoms with Gasteiger partial charge in [-0.25, -0.2) is 4.98 Å². The molecule has 1 aliphatic heterocycles. The summed E-state index contributed by atoms with van der Waals surface area (Å²) in [5.74, 6) is 0.298. The van der Waals surface area contributed by atoms with Gasteiger partial charge in [-0.1, -0.05) is 17.7 Å². The molecule has 4 rings (SSSR count). The van der Waals surface area contributed by atoms with Crippen LogP contribution in [0.1, 0.15) is 24.8 Å². The number of benzene rings is 1. The van der Waals surface area contributed by atoms with E-state index < -0.39 is 0 Å². The number of thiophene rings is 1. The van der Waals surface area contributed by atoms with Crippen LogP contribution in [0.4, 0.5) is 0 Å². The van der Waals surface area contributed by atoms with Gasteiger partial charge in [0.25, 0.3) is 0 Å². The molecule has 1 fully saturated rings. The maximum atomic E-state index is 11.7. The summed E-state index contributed by atoms with van der Waals surface area (Å²) in [5, 5.41) is 9.51. The predicted molar refractivity (Wildman–Crippen MR) is 112 cm³/mol. The second-order valence-electron chi connectivity index (χ2n) is 6.86. The zero-order valence-electron chi connectivity index (χ0n) is 15.1. The van der Waals surface area contributed by atoms with E-state index in [1.165, 1.54) is 5.56 Å². The Morgan fingerprint density at radius 2 is 2.19 bits per heavy atom. The third-order valence-corrected chi connectivity index (χ3v) is 5.84. The lowest BCUT2D eigenvalue weighted by atomic mass is 10.1. The monoisotopic (exact) mass is 399 g/mol. The van der Waals surface area contributed by atoms with E-state index in [-0.39, 0.29) is 0 Å². The molecule has 1 N–H and O–H groups in total. The Balaban J connectivity index is 1.46. The molecule has 3 heterocycles. The normalized spacial score (nSPS) is 14.4. The van der Waals surface area contributed by atoms with Crippen molar-refractivity contribution in [2.24, 2.45) is 0 Å². The van der Waals surface area contributed by atoms with Crippen LogP contribution in [0, 0.1) is 0 Å². The van der Waals surface area contributed by atoms with Crippen molar-refractivity contribution < 1.29 is 4.79 Å². The number of halogens is 1. The zero-order valence-corrected chi connectivity index (χ0v) is 16.7. The van der Waals surface area contributed by atoms with E-state index in [0.29, 0.717) is 17.4 Å². The quantitative estimate of drug-likeness (QED) is 0.585. The van der Waals surface area contributed by atoms with E-state index in [0.717, 1.165) is 61.2 Å². The Bertz CT molecular complexity index is 942. The van der Waals surface area contributed by atoms with Crippen LogP contribution in [0.2, 0.25) is 5.02 Å². The van der Waals surface area contributed by atoms with Gasteiger partial charge in [0.15, 0.2) is 0 Å². The summed E-state index contributed by atoms with van der Waals surface area (Å²) in [6, 6.07) is 10.1. The number of nitrogens with one attached hydrogen (secondary N) is 1. The molecule has 0 saturated carbocycles. The number of likely N-dealkylation sites (tertiary alicyclic amines) is 1. The van der Waals surface area contributed by atoms with Crippen LogP contribution in [0.25, 0.3) is 22.2 Å². The predicted octanol–water partition coefficient (Wildman–Crippen LogP) is 4.72. The largest absolute Gasteiger partial charge is 0.343 e. The topological polar surface area (TPSA) is 45.2 Å². The molecule has 0 aliphatic carbocycles. The number of fused-ring (bicyclic) bond motifs is 1. The molecule has 1 amide bonds. The number of nitrogens with zero attached hydrogens (tertiary/aromatic N) is 2. The lowest BCUT2D eigenvalue weighted by Crippen LogP contribution is -2.28. The minimum atomic E-state index is 0.298. The number of carbonyl (C=O) groups excluding carboxylic acids is 1. The smallest absolute Gasteiger partial charge is 0.222 e. The van der Waals surface area contributed by atoms with Gasteiger partial charge in [0.1, 0.15) is 0 Å². The summed E-state index contributed by atoms with van der Waals surface area (Å²) in [5.41, 5.74) is 4.25. The van der Waals surface area contributed by atoms with Gasteiger partial charge in [0, 0.05) is 47.4 Å². The number of carbonyl (C=O) groups is 1. The maximum absolute atomic E-state index is 11.7. The van der Waals surface area contributed by atoms with E-state index in [4.69, 9.17) is 16.6 Å². The van der Waals surface area contributed by atoms with Crippen LogP contribution in [0.3, 0.4) is 0 Å². The number of hydrogen-bond donors (Lipinski definition) is 1. The first-order chi connectivity index (χ1) is 13.2. The number of rotatable bonds is 7. The average Bonchev–Trinajstić information content (AvgIpc) is 3.33. The van der Waals surface area contributed by atoms with E-state index in [2.05, 4.69) is 28.2 Å². The lowest BCUT2D eigenvalue weighted by Gasteiger charge is -2.16. The van der Waals surface area contributed by atoms with Crippen molar-refractivity contribution in [1.29, 1.82) is 0 Å². The first-order valence-corrected chi connectivity index (χ1v) is 10.6. The molecule has 1 saturated heterocycles. The molecule has 0 radical (unpaired) electrons. The highest BCUT2D eigenvalue weighted by Gasteiger charge is 2.19. The van der Waals surface area contributed by atoms with Crippen LogP contribution < -0.4 is 5.32 Å². The summed E-state index contributed by atoms with van der Waals surface area (Å²) in [6.45, 7) is 3.40. The molecule has 0 spiro atoms. The van der Waals surface area contributed by atoms with E-state index >= 15 is 0 Å². The van der Waals surface area contributed by atoms with Crippen LogP contribution in [-0.4, -0.2) is 35.4 Å². The highest BCUT2D eigenvalue weighted by Crippen LogP contribution is 2.28. The molecule has 3 aromatic rings. The van der Waals surface area contributed by atoms with Crippen molar-refractivity contribution in [2.45, 2.75) is 25.8 Å². The standard InChI is InChI=1S/C21H22ClN3OS/c22-18-5-4-15-11-17(13-23-7-2-9-25-8-1-3-20(25)26)21(24-19(15)12-18)16-6-10-27-14-16/h4-6,10-12,14,23H,1-3,7-9,13H2. The fourth-order valence-electron chi connectivity index (χ4n) is 3.53. The lowest BCUT2D eigenvalue weighted by molar-refractivity contribution is -0.127. The summed E-state index contributed by atoms with van der Waals surface area (Å²) < 4.78 is 0. The van der Waals surface area contributed by atoms with Crippen molar-refractivity contribution in [3.8, 4) is 11.3 Å². The van der Waals surface area contributed by atoms with Gasteiger partial charge in [-0.3, -0.25) is 4.79 Å². The number of pyridine rings is 1. The van der Waals surface area contributed by atoms with Crippen LogP contribution in [-0.2, 0) is 11.3 Å². The van der Waals surface area contributed by atoms with Gasteiger partial charge in [-0.05, 0) is 54.6 Å². The molecule has 1 aromatic carbocycles. The minimum absolute atomic E-state index is 0.298. The van der Waals surface area contributed by atoms with E-state index in [1.807, 2.05) is 23.1 Å². The molecular formula is C21H22ClN3OS. The Kier molecular flexibility index (Phi) is 5.72. The summed E-state index contributed by atoms with van der Waals surface area (Å²) in [6.07, 6.45) is 2.68. The zero-order chi connectivity index (χ0) is 18.6. The van der Waals surface area contributed by atoms with Gasteiger partial charge in [-0.2, -0.15) is 11.3 Å². The van der Waals surface area contributed by atoms with Gasteiger partial charge < -0.3 is 10.2 Å². The first kappa shape index (κ1) is 18.4. The third-order valence-electron chi connectivity index (χ3n) is 4.92. The fourth-order valence-corrected chi connectivity index (χ4v) is 4.33. The van der Waals surface area contributed by atoms with Crippen molar-refractivity contribution in [3.05, 3.63) is 51.7 Å². The van der Waals surface area contributed by atoms with Crippen LogP contribution >= 0.6 is 22.9 Å². The van der Waals surface area contributed by atoms with Gasteiger partial charge in [0.05, 0.1) is 11.2 Å². The summed E-state index contributed by atoms with van der Waals surface area (Å²) >= 11 is 7.81. The fraction of sp³-hybridized carbons (Fsp3) is 0.333. The number of hydrogen-bond acceptors (Lipinski definition) is 4. The summed E-state index contributed by atoms with van der Waals surface area (Å²) in [7, 11) is 0. The molecule has 0 unspecified atom stereocenters. The third kappa shape index (κ3) is 4.32. The molecule has 1 aliphatic rings. The molecule has 2 aromatic heterocycles. The summed E-state index contributed by atoms with van der Waals surface area (Å²) in [4.78, 5) is 18.5. The molecule has 0 atom stereocenters. The van der Waals surface area contributed by atoms with E-state index in [1.54, 1.807) is 11.3 Å². The Hall–Kier alpha value is -1.95. The SMILES string of the molecule is O=C1CCCN1CCCNCc1cc2ccc(Cl)cc2nc1-c1ccsc1. The minimum Gasteiger partial charge on any atom is -0.343 e. The molecular weight excluding hydrogens is 378 g/mol. The maximum Gasteiger partial charge on any atom is 0.222 e. The van der Waals surface area contributed by atoms with Gasteiger partial charge >= 0.3 is 0 Å². The molecule has 27 heavy (non-hydrogen) atoms. The van der Waals surface area contributed by atoms with Gasteiger partial charge in [-0.15, -0.1) is 0 Å². The molecule has 0 bridgehead atoms. The van der Waals surface area contributed by atoms with E-state index in [9.17, 15) is 4.79 Å². The second-order valence-corrected chi connectivity index (χ2v) is 8.08. The van der Waals surface area contributed by atoms with Crippen LogP contribution in [0.15, 0.2) is 41.1 Å². The molecule has 4 nitrogen and oxygen atoms in total. The molecule has 140 valence electrons. The van der Waals surface area contributed by atoms with Crippen molar-refractivity contribution in [2.75, 3.05) is 19.6 Å². The van der Waals surface area contributed by atoms with Gasteiger partial charge in [0.2, 0.25) is 5.91 Å². The Morgan fingerprint density at radius 3 is 2.96 bits per heavy atom. The Labute approximate surface area is 168 Å². The van der Waals surface area contributed by atoms with Crippen molar-refractivity contribution in [1.82, 2.24) is 15.2 Å².